The van der Waals surface area contributed by atoms with Crippen molar-refractivity contribution >= 4 is 86.9 Å². The maximum absolute atomic E-state index is 5.87. The number of aliphatic imine (C=N–C) groups is 10. The zero-order chi connectivity index (χ0) is 83.6. The molecule has 10 bridgehead atoms. The molecule has 18 heteroatoms. The topological polar surface area (TPSA) is 197 Å². The van der Waals surface area contributed by atoms with Gasteiger partial charge >= 0.3 is 0 Å². The first-order chi connectivity index (χ1) is 59.1. The molecule has 0 unspecified atom stereocenters. The highest BCUT2D eigenvalue weighted by atomic mass is 16.7. The van der Waals surface area contributed by atoms with E-state index < -0.39 is 0 Å². The van der Waals surface area contributed by atoms with Gasteiger partial charge in [0.1, 0.15) is 123 Å². The third kappa shape index (κ3) is 23.7. The highest BCUT2D eigenvalue weighted by Crippen LogP contribution is 2.41. The molecule has 0 aromatic heterocycles. The summed E-state index contributed by atoms with van der Waals surface area (Å²) in [7, 11) is 0. The molecule has 13 aromatic rings. The lowest BCUT2D eigenvalue weighted by Gasteiger charge is -2.21. The van der Waals surface area contributed by atoms with E-state index in [0.29, 0.717) is 70.5 Å². The molecular weight excluding hydrogens is 1510 g/mol. The van der Waals surface area contributed by atoms with Crippen molar-refractivity contribution in [2.75, 3.05) is 20.4 Å². The lowest BCUT2D eigenvalue weighted by Crippen LogP contribution is -2.12. The van der Waals surface area contributed by atoms with Crippen LogP contribution in [0.4, 0.5) is 56.9 Å². The quantitative estimate of drug-likeness (QED) is 0.166. The summed E-state index contributed by atoms with van der Waals surface area (Å²) in [6, 6.07) is 110. The SMILES string of the molecule is C1=Nc2cc(-c3ccccc3)ccc2OCOc2ccc(-c3ccccc3)cc2N=1.C1=Nc2cccc(c2)CCCc2cccc(c2)N=1.C1=Nc2cccc(c2)OCc2cccc(c2)COc2cccc(c2)N=1.CC(C)(C)c1ccc2c(c1)N=C=Nc1cc(C(C)(C)C)ccc1OCO2.CCc1ccc2c(c1)N=C=Nc1cc(CC)ccc1OCO2. The minimum absolute atomic E-state index is 0.0295. The van der Waals surface area contributed by atoms with Crippen molar-refractivity contribution in [1.82, 2.24) is 0 Å². The van der Waals surface area contributed by atoms with E-state index in [2.05, 4.69) is 202 Å². The Labute approximate surface area is 706 Å². The summed E-state index contributed by atoms with van der Waals surface area (Å²) in [5.41, 5.74) is 21.5. The van der Waals surface area contributed by atoms with Crippen LogP contribution < -0.4 is 37.9 Å². The molecular formula is C103H92N10O8. The number of hydrogen-bond donors (Lipinski definition) is 0. The summed E-state index contributed by atoms with van der Waals surface area (Å²) in [5, 5.41) is 0. The number of nitrogens with zero attached hydrogens (tertiary/aromatic N) is 10. The second-order valence-electron chi connectivity index (χ2n) is 30.7. The lowest BCUT2D eigenvalue weighted by molar-refractivity contribution is 0.120. The summed E-state index contributed by atoms with van der Waals surface area (Å²) in [6.45, 7) is 18.5. The molecule has 0 atom stereocenters. The van der Waals surface area contributed by atoms with Crippen molar-refractivity contribution in [2.45, 2.75) is 112 Å². The fourth-order valence-electron chi connectivity index (χ4n) is 13.1. The van der Waals surface area contributed by atoms with Gasteiger partial charge in [0.2, 0.25) is 20.4 Å². The molecule has 0 aliphatic carbocycles. The molecule has 18 nitrogen and oxygen atoms in total. The maximum atomic E-state index is 5.87. The molecule has 0 fully saturated rings. The number of ether oxygens (including phenoxy) is 8. The van der Waals surface area contributed by atoms with Crippen LogP contribution in [0.1, 0.15) is 106 Å². The van der Waals surface area contributed by atoms with Gasteiger partial charge in [0.15, 0.2) is 0 Å². The molecule has 18 rings (SSSR count). The monoisotopic (exact) mass is 1600 g/mol. The Hall–Kier alpha value is -14.8. The zero-order valence-corrected chi connectivity index (χ0v) is 69.0. The van der Waals surface area contributed by atoms with Gasteiger partial charge in [-0.2, -0.15) is 49.9 Å². The second kappa shape index (κ2) is 40.3. The van der Waals surface area contributed by atoms with Crippen LogP contribution >= 0.6 is 0 Å². The van der Waals surface area contributed by atoms with Crippen molar-refractivity contribution in [3.05, 3.63) is 336 Å². The predicted octanol–water partition coefficient (Wildman–Crippen LogP) is 27.3. The second-order valence-corrected chi connectivity index (χ2v) is 30.7. The lowest BCUT2D eigenvalue weighted by atomic mass is 9.87. The van der Waals surface area contributed by atoms with Gasteiger partial charge in [-0.25, -0.2) is 0 Å². The van der Waals surface area contributed by atoms with Crippen molar-refractivity contribution in [2.24, 2.45) is 49.9 Å². The van der Waals surface area contributed by atoms with E-state index in [1.807, 2.05) is 224 Å². The van der Waals surface area contributed by atoms with Crippen LogP contribution in [0.2, 0.25) is 0 Å². The van der Waals surface area contributed by atoms with E-state index in [0.717, 1.165) is 111 Å². The van der Waals surface area contributed by atoms with Gasteiger partial charge in [0.25, 0.3) is 0 Å². The molecule has 0 radical (unpaired) electrons. The number of rotatable bonds is 4. The van der Waals surface area contributed by atoms with Gasteiger partial charge in [-0.15, -0.1) is 0 Å². The molecule has 5 aliphatic heterocycles. The predicted molar refractivity (Wildman–Crippen MR) is 483 cm³/mol. The smallest absolute Gasteiger partial charge is 0.231 e. The normalized spacial score (nSPS) is 13.1. The molecule has 0 saturated heterocycles. The molecule has 121 heavy (non-hydrogen) atoms. The van der Waals surface area contributed by atoms with Gasteiger partial charge < -0.3 is 37.9 Å². The van der Waals surface area contributed by atoms with Crippen molar-refractivity contribution in [1.29, 1.82) is 0 Å². The zero-order valence-electron chi connectivity index (χ0n) is 69.0. The summed E-state index contributed by atoms with van der Waals surface area (Å²) in [6.07, 6.45) is 5.22. The van der Waals surface area contributed by atoms with Crippen LogP contribution in [0.15, 0.2) is 341 Å². The molecule has 0 N–H and O–H groups in total. The highest BCUT2D eigenvalue weighted by molar-refractivity contribution is 5.76. The van der Waals surface area contributed by atoms with Crippen LogP contribution in [0.5, 0.6) is 46.0 Å². The van der Waals surface area contributed by atoms with Crippen molar-refractivity contribution in [3.8, 4) is 68.2 Å². The van der Waals surface area contributed by atoms with Gasteiger partial charge in [0, 0.05) is 12.1 Å². The highest BCUT2D eigenvalue weighted by Gasteiger charge is 2.20. The Kier molecular flexibility index (Phi) is 27.6. The number of hydrogen-bond acceptors (Lipinski definition) is 18. The van der Waals surface area contributed by atoms with E-state index >= 15 is 0 Å². The Morgan fingerprint density at radius 2 is 0.570 bits per heavy atom. The first-order valence-corrected chi connectivity index (χ1v) is 40.3. The number of aryl methyl sites for hydroxylation is 4. The fraction of sp³-hybridized carbons (Fsp3) is 0.194. The Bertz CT molecular complexity index is 5830. The average molecular weight is 1600 g/mol. The van der Waals surface area contributed by atoms with Crippen LogP contribution in [0.3, 0.4) is 0 Å². The van der Waals surface area contributed by atoms with Gasteiger partial charge in [0.05, 0.1) is 22.7 Å². The van der Waals surface area contributed by atoms with Crippen molar-refractivity contribution < 1.29 is 37.9 Å². The summed E-state index contributed by atoms with van der Waals surface area (Å²) < 4.78 is 46.3. The van der Waals surface area contributed by atoms with E-state index in [4.69, 9.17) is 37.9 Å². The average Bonchev–Trinajstić information content (AvgIpc) is 0.814. The molecule has 0 saturated carbocycles. The molecule has 13 aromatic carbocycles. The minimum atomic E-state index is 0.0295. The third-order valence-corrected chi connectivity index (χ3v) is 19.9. The van der Waals surface area contributed by atoms with Crippen LogP contribution in [-0.4, -0.2) is 50.4 Å². The van der Waals surface area contributed by atoms with Crippen LogP contribution in [-0.2, 0) is 49.7 Å². The van der Waals surface area contributed by atoms with Crippen LogP contribution in [0, 0.1) is 0 Å². The number of benzene rings is 13. The summed E-state index contributed by atoms with van der Waals surface area (Å²) in [4.78, 5) is 43.3. The van der Waals surface area contributed by atoms with E-state index in [1.54, 1.807) is 0 Å². The van der Waals surface area contributed by atoms with Gasteiger partial charge in [-0.1, -0.05) is 207 Å². The summed E-state index contributed by atoms with van der Waals surface area (Å²) >= 11 is 0. The molecule has 0 amide bonds. The van der Waals surface area contributed by atoms with E-state index in [9.17, 15) is 0 Å². The molecule has 0 spiro atoms. The van der Waals surface area contributed by atoms with Crippen molar-refractivity contribution in [3.63, 3.8) is 0 Å². The number of fused-ring (bicyclic) bond motifs is 16. The molecule has 602 valence electrons. The Morgan fingerprint density at radius 1 is 0.256 bits per heavy atom. The fourth-order valence-corrected chi connectivity index (χ4v) is 13.1. The Morgan fingerprint density at radius 3 is 0.942 bits per heavy atom. The Balaban J connectivity index is 0.000000125. The standard InChI is InChI=1S/C26H18N2O2.C22H26N2O2.C21H16N2O2.C18H18N2O2.C16H14N2/c1-3-7-19(8-4-1)21-11-13-25-23(15-21)27-17-28-24-16-22(20-9-5-2-6-10-20)12-14-26(24)30-18-29-25;1-21(2,3)15-7-9-19-17(11-15)23-13-24-18-12-16(22(4,5)6)8-10-20(18)26-14-25-19;1-4-16-10-17(5-1)14-25-21-9-3-7-19(12-21)23-15-22-18-6-2-8-20(11-18)24-13-16;1-3-13-5-7-17-15(9-13)19-11-20-16-10-14(4-2)6-8-18(16)22-12-21-17;1-4-13-6-2-8-15(10-13)17-12-18-16-9-3-7-14(5-1)11-16/h1-16H,18H2;7-12H,14H2,1-6H3;1-12H,13-14H2;5-10H,3-4,12H2,1-2H3;2-3,6-11H,1,4-5H2. The maximum Gasteiger partial charge on any atom is 0.231 e. The minimum Gasteiger partial charge on any atom is -0.489 e. The van der Waals surface area contributed by atoms with Gasteiger partial charge in [-0.05, 0) is 237 Å². The van der Waals surface area contributed by atoms with E-state index in [1.165, 1.54) is 33.4 Å². The van der Waals surface area contributed by atoms with Gasteiger partial charge in [-0.3, -0.25) is 0 Å². The largest absolute Gasteiger partial charge is 0.489 e. The summed E-state index contributed by atoms with van der Waals surface area (Å²) in [5.74, 6) is 5.45. The molecule has 5 heterocycles. The first kappa shape index (κ1) is 82.7. The molecule has 5 aliphatic rings. The van der Waals surface area contributed by atoms with E-state index in [-0.39, 0.29) is 31.2 Å². The third-order valence-electron chi connectivity index (χ3n) is 19.9. The van der Waals surface area contributed by atoms with Crippen LogP contribution in [0.25, 0.3) is 22.3 Å². The first-order valence-electron chi connectivity index (χ1n) is 40.3.